The SMILES string of the molecule is C=C1CC(C)C(=O)N1C(C)(C)CCN. The van der Waals surface area contributed by atoms with Crippen LogP contribution in [0.1, 0.15) is 33.6 Å². The Kier molecular flexibility index (Phi) is 3.00. The van der Waals surface area contributed by atoms with Gasteiger partial charge in [0.25, 0.3) is 0 Å². The van der Waals surface area contributed by atoms with Gasteiger partial charge in [-0.3, -0.25) is 4.79 Å². The summed E-state index contributed by atoms with van der Waals surface area (Å²) in [4.78, 5) is 13.7. The minimum absolute atomic E-state index is 0.0829. The third kappa shape index (κ3) is 1.82. The number of nitrogens with zero attached hydrogens (tertiary/aromatic N) is 1. The monoisotopic (exact) mass is 196 g/mol. The van der Waals surface area contributed by atoms with Gasteiger partial charge in [0, 0.05) is 17.2 Å². The summed E-state index contributed by atoms with van der Waals surface area (Å²) in [5.41, 5.74) is 6.28. The van der Waals surface area contributed by atoms with E-state index < -0.39 is 0 Å². The average Bonchev–Trinajstić information content (AvgIpc) is 2.26. The van der Waals surface area contributed by atoms with Gasteiger partial charge in [0.05, 0.1) is 0 Å². The molecule has 0 aromatic rings. The van der Waals surface area contributed by atoms with Crippen molar-refractivity contribution in [2.45, 2.75) is 39.2 Å². The summed E-state index contributed by atoms with van der Waals surface area (Å²) in [6.45, 7) is 10.6. The Morgan fingerprint density at radius 1 is 1.64 bits per heavy atom. The van der Waals surface area contributed by atoms with Crippen LogP contribution in [0.4, 0.5) is 0 Å². The molecule has 0 spiro atoms. The van der Waals surface area contributed by atoms with Crippen molar-refractivity contribution in [2.24, 2.45) is 11.7 Å². The average molecular weight is 196 g/mol. The lowest BCUT2D eigenvalue weighted by atomic mass is 9.98. The van der Waals surface area contributed by atoms with Gasteiger partial charge >= 0.3 is 0 Å². The summed E-state index contributed by atoms with van der Waals surface area (Å²) in [6, 6.07) is 0. The molecule has 1 heterocycles. The molecule has 1 unspecified atom stereocenters. The fourth-order valence-electron chi connectivity index (χ4n) is 2.10. The second-order valence-corrected chi connectivity index (χ2v) is 4.70. The number of likely N-dealkylation sites (tertiary alicyclic amines) is 1. The fraction of sp³-hybridized carbons (Fsp3) is 0.727. The third-order valence-electron chi connectivity index (χ3n) is 2.86. The summed E-state index contributed by atoms with van der Waals surface area (Å²) >= 11 is 0. The number of rotatable bonds is 3. The molecule has 0 aliphatic carbocycles. The Bertz CT molecular complexity index is 258. The van der Waals surface area contributed by atoms with E-state index in [9.17, 15) is 4.79 Å². The molecular formula is C11H20N2O. The van der Waals surface area contributed by atoms with Crippen LogP contribution in [0.5, 0.6) is 0 Å². The molecule has 1 fully saturated rings. The molecule has 3 heteroatoms. The number of hydrogen-bond donors (Lipinski definition) is 1. The van der Waals surface area contributed by atoms with Gasteiger partial charge in [-0.25, -0.2) is 0 Å². The van der Waals surface area contributed by atoms with Crippen molar-refractivity contribution in [1.82, 2.24) is 4.90 Å². The highest BCUT2D eigenvalue weighted by Crippen LogP contribution is 2.34. The van der Waals surface area contributed by atoms with Crippen LogP contribution in [0.15, 0.2) is 12.3 Å². The number of hydrogen-bond acceptors (Lipinski definition) is 2. The topological polar surface area (TPSA) is 46.3 Å². The molecule has 1 rings (SSSR count). The first-order valence-corrected chi connectivity index (χ1v) is 5.12. The zero-order chi connectivity index (χ0) is 10.9. The minimum Gasteiger partial charge on any atom is -0.330 e. The fourth-order valence-corrected chi connectivity index (χ4v) is 2.10. The first-order chi connectivity index (χ1) is 6.40. The smallest absolute Gasteiger partial charge is 0.230 e. The molecule has 0 bridgehead atoms. The van der Waals surface area contributed by atoms with Crippen molar-refractivity contribution in [3.63, 3.8) is 0 Å². The molecule has 1 aliphatic rings. The van der Waals surface area contributed by atoms with Crippen molar-refractivity contribution in [1.29, 1.82) is 0 Å². The molecule has 80 valence electrons. The molecule has 0 aromatic heterocycles. The summed E-state index contributed by atoms with van der Waals surface area (Å²) in [6.07, 6.45) is 1.59. The van der Waals surface area contributed by atoms with E-state index in [4.69, 9.17) is 5.73 Å². The van der Waals surface area contributed by atoms with Gasteiger partial charge in [0.15, 0.2) is 0 Å². The molecule has 1 atom stereocenters. The van der Waals surface area contributed by atoms with Gasteiger partial charge in [0.1, 0.15) is 0 Å². The van der Waals surface area contributed by atoms with Gasteiger partial charge in [-0.1, -0.05) is 13.5 Å². The van der Waals surface area contributed by atoms with Crippen LogP contribution in [0, 0.1) is 5.92 Å². The highest BCUT2D eigenvalue weighted by Gasteiger charge is 2.39. The number of amides is 1. The van der Waals surface area contributed by atoms with Crippen LogP contribution < -0.4 is 5.73 Å². The Labute approximate surface area is 86.0 Å². The molecule has 14 heavy (non-hydrogen) atoms. The lowest BCUT2D eigenvalue weighted by molar-refractivity contribution is -0.133. The van der Waals surface area contributed by atoms with E-state index in [1.807, 2.05) is 25.7 Å². The van der Waals surface area contributed by atoms with E-state index in [0.29, 0.717) is 6.54 Å². The molecule has 1 aliphatic heterocycles. The number of nitrogens with two attached hydrogens (primary N) is 1. The van der Waals surface area contributed by atoms with Crippen LogP contribution in [0.2, 0.25) is 0 Å². The maximum atomic E-state index is 11.9. The van der Waals surface area contributed by atoms with Crippen LogP contribution in [-0.4, -0.2) is 22.9 Å². The highest BCUT2D eigenvalue weighted by molar-refractivity contribution is 5.84. The zero-order valence-corrected chi connectivity index (χ0v) is 9.34. The molecular weight excluding hydrogens is 176 g/mol. The van der Waals surface area contributed by atoms with Crippen molar-refractivity contribution in [3.8, 4) is 0 Å². The zero-order valence-electron chi connectivity index (χ0n) is 9.34. The second kappa shape index (κ2) is 3.73. The van der Waals surface area contributed by atoms with E-state index >= 15 is 0 Å². The molecule has 0 aromatic carbocycles. The van der Waals surface area contributed by atoms with Crippen molar-refractivity contribution in [3.05, 3.63) is 12.3 Å². The first kappa shape index (κ1) is 11.2. The van der Waals surface area contributed by atoms with E-state index in [1.165, 1.54) is 0 Å². The van der Waals surface area contributed by atoms with E-state index in [1.54, 1.807) is 0 Å². The predicted octanol–water partition coefficient (Wildman–Crippen LogP) is 1.50. The van der Waals surface area contributed by atoms with Gasteiger partial charge in [-0.05, 0) is 33.2 Å². The van der Waals surface area contributed by atoms with Crippen molar-refractivity contribution in [2.75, 3.05) is 6.54 Å². The van der Waals surface area contributed by atoms with Crippen LogP contribution in [0.25, 0.3) is 0 Å². The maximum absolute atomic E-state index is 11.9. The van der Waals surface area contributed by atoms with Crippen LogP contribution in [0.3, 0.4) is 0 Å². The summed E-state index contributed by atoms with van der Waals surface area (Å²) < 4.78 is 0. The number of carbonyl (C=O) groups excluding carboxylic acids is 1. The second-order valence-electron chi connectivity index (χ2n) is 4.70. The summed E-state index contributed by atoms with van der Waals surface area (Å²) in [7, 11) is 0. The first-order valence-electron chi connectivity index (χ1n) is 5.12. The normalized spacial score (nSPS) is 23.4. The van der Waals surface area contributed by atoms with Gasteiger partial charge in [0.2, 0.25) is 5.91 Å². The highest BCUT2D eigenvalue weighted by atomic mass is 16.2. The molecule has 0 saturated carbocycles. The molecule has 0 radical (unpaired) electrons. The van der Waals surface area contributed by atoms with Crippen molar-refractivity contribution >= 4 is 5.91 Å². The van der Waals surface area contributed by atoms with Crippen molar-refractivity contribution < 1.29 is 4.79 Å². The molecule has 1 saturated heterocycles. The number of allylic oxidation sites excluding steroid dienone is 1. The Hall–Kier alpha value is -0.830. The standard InChI is InChI=1S/C11H20N2O/c1-8-7-9(2)13(10(8)14)11(3,4)5-6-12/h8H,2,5-7,12H2,1,3-4H3. The van der Waals surface area contributed by atoms with Crippen LogP contribution >= 0.6 is 0 Å². The number of carbonyl (C=O) groups is 1. The Morgan fingerprint density at radius 3 is 2.57 bits per heavy atom. The minimum atomic E-state index is -0.187. The molecule has 1 amide bonds. The summed E-state index contributed by atoms with van der Waals surface area (Å²) in [5.74, 6) is 0.271. The van der Waals surface area contributed by atoms with E-state index in [-0.39, 0.29) is 17.4 Å². The van der Waals surface area contributed by atoms with Gasteiger partial charge in [-0.2, -0.15) is 0 Å². The lowest BCUT2D eigenvalue weighted by Gasteiger charge is -2.36. The van der Waals surface area contributed by atoms with Crippen LogP contribution in [-0.2, 0) is 4.79 Å². The molecule has 3 nitrogen and oxygen atoms in total. The summed E-state index contributed by atoms with van der Waals surface area (Å²) in [5, 5.41) is 0. The molecule has 2 N–H and O–H groups in total. The quantitative estimate of drug-likeness (QED) is 0.743. The Balaban J connectivity index is 2.86. The van der Waals surface area contributed by atoms with E-state index in [0.717, 1.165) is 18.5 Å². The maximum Gasteiger partial charge on any atom is 0.230 e. The largest absolute Gasteiger partial charge is 0.330 e. The van der Waals surface area contributed by atoms with E-state index in [2.05, 4.69) is 6.58 Å². The third-order valence-corrected chi connectivity index (χ3v) is 2.86. The van der Waals surface area contributed by atoms with Gasteiger partial charge in [-0.15, -0.1) is 0 Å². The lowest BCUT2D eigenvalue weighted by Crippen LogP contribution is -2.45. The predicted molar refractivity (Wildman–Crippen MR) is 57.5 cm³/mol. The Morgan fingerprint density at radius 2 is 2.21 bits per heavy atom. The van der Waals surface area contributed by atoms with Gasteiger partial charge < -0.3 is 10.6 Å².